The Morgan fingerprint density at radius 3 is 2.47 bits per heavy atom. The average molecular weight is 335 g/mol. The number of hydrogen-bond acceptors (Lipinski definition) is 4. The molecule has 0 aliphatic carbocycles. The van der Waals surface area contributed by atoms with Crippen LogP contribution >= 0.6 is 27.3 Å². The lowest BCUT2D eigenvalue weighted by Crippen LogP contribution is -1.88. The number of nitriles is 1. The molecule has 2 rings (SSSR count). The zero-order valence-electron chi connectivity index (χ0n) is 9.54. The maximum absolute atomic E-state index is 10.6. The number of non-ortho nitro benzene ring substituents is 1. The summed E-state index contributed by atoms with van der Waals surface area (Å²) in [6.45, 7) is 0. The summed E-state index contributed by atoms with van der Waals surface area (Å²) in [4.78, 5) is 11.1. The van der Waals surface area contributed by atoms with Crippen LogP contribution in [0.4, 0.5) is 5.69 Å². The third-order valence-electron chi connectivity index (χ3n) is 2.39. The quantitative estimate of drug-likeness (QED) is 0.472. The Morgan fingerprint density at radius 1 is 1.32 bits per heavy atom. The van der Waals surface area contributed by atoms with Crippen LogP contribution < -0.4 is 0 Å². The van der Waals surface area contributed by atoms with E-state index in [-0.39, 0.29) is 5.69 Å². The summed E-state index contributed by atoms with van der Waals surface area (Å²) in [5, 5.41) is 19.7. The molecule has 94 valence electrons. The summed E-state index contributed by atoms with van der Waals surface area (Å²) in [5.74, 6) is 0. The van der Waals surface area contributed by atoms with Gasteiger partial charge in [-0.1, -0.05) is 0 Å². The zero-order valence-corrected chi connectivity index (χ0v) is 11.9. The van der Waals surface area contributed by atoms with Gasteiger partial charge in [0, 0.05) is 17.0 Å². The van der Waals surface area contributed by atoms with Gasteiger partial charge in [0.15, 0.2) is 0 Å². The molecule has 0 atom stereocenters. The van der Waals surface area contributed by atoms with Gasteiger partial charge >= 0.3 is 0 Å². The highest BCUT2D eigenvalue weighted by Crippen LogP contribution is 2.27. The Morgan fingerprint density at radius 2 is 2.00 bits per heavy atom. The van der Waals surface area contributed by atoms with Gasteiger partial charge in [-0.3, -0.25) is 10.1 Å². The number of nitro benzene ring substituents is 1. The van der Waals surface area contributed by atoms with E-state index in [4.69, 9.17) is 5.26 Å². The molecule has 1 aromatic heterocycles. The van der Waals surface area contributed by atoms with Crippen molar-refractivity contribution in [1.82, 2.24) is 0 Å². The second kappa shape index (κ2) is 5.78. The van der Waals surface area contributed by atoms with Crippen molar-refractivity contribution in [3.05, 3.63) is 60.7 Å². The lowest BCUT2D eigenvalue weighted by atomic mass is 10.1. The first kappa shape index (κ1) is 13.5. The normalized spacial score (nSPS) is 11.1. The lowest BCUT2D eigenvalue weighted by molar-refractivity contribution is -0.384. The van der Waals surface area contributed by atoms with Crippen molar-refractivity contribution in [2.45, 2.75) is 0 Å². The van der Waals surface area contributed by atoms with E-state index in [1.165, 1.54) is 23.5 Å². The molecule has 0 fully saturated rings. The van der Waals surface area contributed by atoms with Crippen molar-refractivity contribution in [1.29, 1.82) is 5.26 Å². The molecule has 1 aromatic carbocycles. The minimum atomic E-state index is -0.462. The summed E-state index contributed by atoms with van der Waals surface area (Å²) in [6.07, 6.45) is 1.76. The summed E-state index contributed by atoms with van der Waals surface area (Å²) < 4.78 is 0.986. The first-order chi connectivity index (χ1) is 9.10. The molecule has 0 radical (unpaired) electrons. The maximum atomic E-state index is 10.6. The van der Waals surface area contributed by atoms with Gasteiger partial charge in [0.05, 0.1) is 20.4 Å². The van der Waals surface area contributed by atoms with E-state index in [0.717, 1.165) is 8.66 Å². The Bertz CT molecular complexity index is 683. The van der Waals surface area contributed by atoms with Crippen LogP contribution in [0.5, 0.6) is 0 Å². The second-order valence-corrected chi connectivity index (χ2v) is 6.11. The summed E-state index contributed by atoms with van der Waals surface area (Å²) in [7, 11) is 0. The van der Waals surface area contributed by atoms with E-state index in [9.17, 15) is 10.1 Å². The summed E-state index contributed by atoms with van der Waals surface area (Å²) in [6, 6.07) is 11.9. The van der Waals surface area contributed by atoms with Crippen LogP contribution in [0.1, 0.15) is 10.4 Å². The van der Waals surface area contributed by atoms with Crippen LogP contribution in [-0.2, 0) is 0 Å². The molecule has 19 heavy (non-hydrogen) atoms. The van der Waals surface area contributed by atoms with E-state index in [0.29, 0.717) is 11.1 Å². The third kappa shape index (κ3) is 3.28. The van der Waals surface area contributed by atoms with Crippen molar-refractivity contribution in [2.24, 2.45) is 0 Å². The molecular weight excluding hydrogens is 328 g/mol. The maximum Gasteiger partial charge on any atom is 0.269 e. The van der Waals surface area contributed by atoms with Gasteiger partial charge in [-0.05, 0) is 51.8 Å². The molecule has 0 amide bonds. The first-order valence-corrected chi connectivity index (χ1v) is 6.83. The summed E-state index contributed by atoms with van der Waals surface area (Å²) in [5.41, 5.74) is 1.15. The smallest absolute Gasteiger partial charge is 0.258 e. The van der Waals surface area contributed by atoms with E-state index in [2.05, 4.69) is 22.0 Å². The van der Waals surface area contributed by atoms with E-state index < -0.39 is 4.92 Å². The molecule has 0 saturated carbocycles. The van der Waals surface area contributed by atoms with Crippen LogP contribution in [0.25, 0.3) is 11.6 Å². The predicted octanol–water partition coefficient (Wildman–Crippen LogP) is 4.48. The number of thiophene rings is 1. The number of nitro groups is 1. The number of nitrogens with zero attached hydrogens (tertiary/aromatic N) is 2. The van der Waals surface area contributed by atoms with Gasteiger partial charge < -0.3 is 0 Å². The molecule has 0 N–H and O–H groups in total. The van der Waals surface area contributed by atoms with Gasteiger partial charge in [0.2, 0.25) is 0 Å². The molecule has 0 spiro atoms. The minimum Gasteiger partial charge on any atom is -0.258 e. The fraction of sp³-hybridized carbons (Fsp3) is 0. The lowest BCUT2D eigenvalue weighted by Gasteiger charge is -1.98. The molecule has 0 aliphatic heterocycles. The van der Waals surface area contributed by atoms with E-state index >= 15 is 0 Å². The van der Waals surface area contributed by atoms with Crippen molar-refractivity contribution >= 4 is 44.6 Å². The summed E-state index contributed by atoms with van der Waals surface area (Å²) >= 11 is 4.87. The van der Waals surface area contributed by atoms with Gasteiger partial charge in [0.1, 0.15) is 0 Å². The largest absolute Gasteiger partial charge is 0.269 e. The number of hydrogen-bond donors (Lipinski definition) is 0. The highest BCUT2D eigenvalue weighted by molar-refractivity contribution is 9.11. The minimum absolute atomic E-state index is 0.0138. The fourth-order valence-electron chi connectivity index (χ4n) is 1.49. The molecule has 0 unspecified atom stereocenters. The van der Waals surface area contributed by atoms with Gasteiger partial charge in [0.25, 0.3) is 5.69 Å². The molecule has 0 aliphatic rings. The first-order valence-electron chi connectivity index (χ1n) is 5.22. The standard InChI is InChI=1S/C13H7BrN2O2S/c14-13-6-5-12(19-13)7-10(8-15)9-1-3-11(4-2-9)16(17)18/h1-7H/b10-7+. The Hall–Kier alpha value is -1.97. The number of rotatable bonds is 3. The molecule has 0 bridgehead atoms. The number of halogens is 1. The highest BCUT2D eigenvalue weighted by atomic mass is 79.9. The van der Waals surface area contributed by atoms with Crippen molar-refractivity contribution in [3.63, 3.8) is 0 Å². The SMILES string of the molecule is N#C/C(=C\c1ccc(Br)s1)c1ccc([N+](=O)[O-])cc1. The molecule has 4 nitrogen and oxygen atoms in total. The van der Waals surface area contributed by atoms with Crippen LogP contribution in [0.15, 0.2) is 40.2 Å². The van der Waals surface area contributed by atoms with Gasteiger partial charge in [-0.15, -0.1) is 11.3 Å². The average Bonchev–Trinajstić information content (AvgIpc) is 2.81. The van der Waals surface area contributed by atoms with E-state index in [1.54, 1.807) is 18.2 Å². The van der Waals surface area contributed by atoms with Crippen LogP contribution in [-0.4, -0.2) is 4.92 Å². The zero-order chi connectivity index (χ0) is 13.8. The van der Waals surface area contributed by atoms with Gasteiger partial charge in [-0.2, -0.15) is 5.26 Å². The molecule has 2 aromatic rings. The van der Waals surface area contributed by atoms with Crippen molar-refractivity contribution in [3.8, 4) is 6.07 Å². The predicted molar refractivity (Wildman–Crippen MR) is 78.6 cm³/mol. The highest BCUT2D eigenvalue weighted by Gasteiger charge is 2.07. The third-order valence-corrected chi connectivity index (χ3v) is 3.96. The molecular formula is C13H7BrN2O2S. The Kier molecular flexibility index (Phi) is 4.10. The fourth-order valence-corrected chi connectivity index (χ4v) is 2.86. The molecule has 0 saturated heterocycles. The second-order valence-electron chi connectivity index (χ2n) is 3.62. The molecule has 1 heterocycles. The molecule has 6 heteroatoms. The number of allylic oxidation sites excluding steroid dienone is 1. The topological polar surface area (TPSA) is 66.9 Å². The Balaban J connectivity index is 2.35. The monoisotopic (exact) mass is 334 g/mol. The number of benzene rings is 1. The van der Waals surface area contributed by atoms with E-state index in [1.807, 2.05) is 12.1 Å². The Labute approximate surface area is 121 Å². The van der Waals surface area contributed by atoms with Crippen LogP contribution in [0.2, 0.25) is 0 Å². The van der Waals surface area contributed by atoms with Gasteiger partial charge in [-0.25, -0.2) is 0 Å². The van der Waals surface area contributed by atoms with Crippen molar-refractivity contribution < 1.29 is 4.92 Å². The van der Waals surface area contributed by atoms with Crippen LogP contribution in [0.3, 0.4) is 0 Å². The van der Waals surface area contributed by atoms with Crippen LogP contribution in [0, 0.1) is 21.4 Å². The van der Waals surface area contributed by atoms with Crippen molar-refractivity contribution in [2.75, 3.05) is 0 Å².